The second-order valence-corrected chi connectivity index (χ2v) is 3.92. The molecule has 0 radical (unpaired) electrons. The van der Waals surface area contributed by atoms with Crippen molar-refractivity contribution in [2.24, 2.45) is 5.73 Å². The number of nitrogen functional groups attached to an aromatic ring is 1. The highest BCUT2D eigenvalue weighted by Gasteiger charge is 2.22. The average molecular weight is 221 g/mol. The normalized spacial score (nSPS) is 18.4. The minimum absolute atomic E-state index is 0.110. The Morgan fingerprint density at radius 3 is 3.12 bits per heavy atom. The van der Waals surface area contributed by atoms with Crippen LogP contribution in [0.15, 0.2) is 18.2 Å². The van der Waals surface area contributed by atoms with Crippen LogP contribution in [0.1, 0.15) is 23.6 Å². The summed E-state index contributed by atoms with van der Waals surface area (Å²) >= 11 is 0. The fourth-order valence-electron chi connectivity index (χ4n) is 1.97. The minimum atomic E-state index is -0.483. The average Bonchev–Trinajstić information content (AvgIpc) is 2.60. The molecule has 2 rings (SSSR count). The number of fused-ring (bicyclic) bond motifs is 1. The molecule has 1 aromatic rings. The highest BCUT2D eigenvalue weighted by molar-refractivity contribution is 5.74. The van der Waals surface area contributed by atoms with E-state index in [1.807, 2.05) is 18.2 Å². The van der Waals surface area contributed by atoms with Crippen LogP contribution in [0, 0.1) is 0 Å². The van der Waals surface area contributed by atoms with Gasteiger partial charge in [-0.1, -0.05) is 6.07 Å². The number of rotatable bonds is 4. The Labute approximate surface area is 93.7 Å². The Morgan fingerprint density at radius 2 is 2.38 bits per heavy atom. The summed E-state index contributed by atoms with van der Waals surface area (Å²) in [5.74, 6) is -0.483. The lowest BCUT2D eigenvalue weighted by Crippen LogP contribution is -2.27. The van der Waals surface area contributed by atoms with Crippen molar-refractivity contribution in [1.82, 2.24) is 5.48 Å². The number of hydrogen-bond acceptors (Lipinski definition) is 4. The first-order chi connectivity index (χ1) is 7.66. The van der Waals surface area contributed by atoms with E-state index in [-0.39, 0.29) is 12.6 Å². The van der Waals surface area contributed by atoms with Crippen LogP contribution in [0.3, 0.4) is 0 Å². The predicted octanol–water partition coefficient (Wildman–Crippen LogP) is 0.263. The number of hydroxylamine groups is 1. The molecule has 1 amide bonds. The Kier molecular flexibility index (Phi) is 3.07. The monoisotopic (exact) mass is 221 g/mol. The second kappa shape index (κ2) is 4.51. The molecular formula is C11H15N3O2. The third kappa shape index (κ3) is 2.32. The van der Waals surface area contributed by atoms with E-state index >= 15 is 0 Å². The van der Waals surface area contributed by atoms with Gasteiger partial charge in [-0.25, -0.2) is 0 Å². The summed E-state index contributed by atoms with van der Waals surface area (Å²) in [6.45, 7) is -0.110. The maximum Gasteiger partial charge on any atom is 0.245 e. The van der Waals surface area contributed by atoms with E-state index in [0.29, 0.717) is 0 Å². The van der Waals surface area contributed by atoms with Crippen molar-refractivity contribution in [3.05, 3.63) is 29.3 Å². The van der Waals surface area contributed by atoms with Gasteiger partial charge in [-0.05, 0) is 36.1 Å². The molecule has 0 saturated heterocycles. The Balaban J connectivity index is 1.98. The van der Waals surface area contributed by atoms with Crippen molar-refractivity contribution in [2.75, 3.05) is 12.3 Å². The molecule has 1 aromatic carbocycles. The van der Waals surface area contributed by atoms with Crippen molar-refractivity contribution in [1.29, 1.82) is 0 Å². The minimum Gasteiger partial charge on any atom is -0.399 e. The predicted molar refractivity (Wildman–Crippen MR) is 60.2 cm³/mol. The van der Waals surface area contributed by atoms with Gasteiger partial charge in [0.15, 0.2) is 0 Å². The van der Waals surface area contributed by atoms with E-state index in [0.717, 1.165) is 18.5 Å². The molecule has 16 heavy (non-hydrogen) atoms. The fourth-order valence-corrected chi connectivity index (χ4v) is 1.97. The van der Waals surface area contributed by atoms with Crippen molar-refractivity contribution in [2.45, 2.75) is 18.9 Å². The number of amides is 1. The van der Waals surface area contributed by atoms with E-state index in [1.54, 1.807) is 0 Å². The molecule has 0 saturated carbocycles. The van der Waals surface area contributed by atoms with E-state index in [4.69, 9.17) is 16.3 Å². The molecule has 1 aliphatic carbocycles. The van der Waals surface area contributed by atoms with Crippen LogP contribution < -0.4 is 16.9 Å². The summed E-state index contributed by atoms with van der Waals surface area (Å²) in [6.07, 6.45) is 1.91. The number of primary amides is 1. The molecule has 1 atom stereocenters. The van der Waals surface area contributed by atoms with Gasteiger partial charge in [-0.15, -0.1) is 0 Å². The first-order valence-electron chi connectivity index (χ1n) is 5.21. The SMILES string of the molecule is NC(=O)CONC1CCc2cc(N)ccc21. The molecule has 0 bridgehead atoms. The van der Waals surface area contributed by atoms with Crippen molar-refractivity contribution >= 4 is 11.6 Å². The second-order valence-electron chi connectivity index (χ2n) is 3.92. The quantitative estimate of drug-likeness (QED) is 0.502. The van der Waals surface area contributed by atoms with Crippen LogP contribution in [0.4, 0.5) is 5.69 Å². The molecule has 1 aliphatic rings. The number of nitrogens with one attached hydrogen (secondary N) is 1. The van der Waals surface area contributed by atoms with E-state index in [2.05, 4.69) is 5.48 Å². The highest BCUT2D eigenvalue weighted by atomic mass is 16.6. The number of aryl methyl sites for hydroxylation is 1. The number of carbonyl (C=O) groups excluding carboxylic acids is 1. The molecule has 0 aliphatic heterocycles. The molecular weight excluding hydrogens is 206 g/mol. The third-order valence-electron chi connectivity index (χ3n) is 2.68. The van der Waals surface area contributed by atoms with Gasteiger partial charge in [0.25, 0.3) is 0 Å². The molecule has 0 fully saturated rings. The van der Waals surface area contributed by atoms with Crippen LogP contribution in [-0.4, -0.2) is 12.5 Å². The lowest BCUT2D eigenvalue weighted by molar-refractivity contribution is -0.126. The van der Waals surface area contributed by atoms with Crippen molar-refractivity contribution in [3.63, 3.8) is 0 Å². The molecule has 86 valence electrons. The maximum atomic E-state index is 10.5. The zero-order valence-electron chi connectivity index (χ0n) is 8.90. The summed E-state index contributed by atoms with van der Waals surface area (Å²) in [5, 5.41) is 0. The molecule has 5 heteroatoms. The van der Waals surface area contributed by atoms with Crippen molar-refractivity contribution < 1.29 is 9.63 Å². The van der Waals surface area contributed by atoms with Gasteiger partial charge in [-0.2, -0.15) is 5.48 Å². The van der Waals surface area contributed by atoms with Crippen LogP contribution >= 0.6 is 0 Å². The van der Waals surface area contributed by atoms with Gasteiger partial charge in [0.2, 0.25) is 5.91 Å². The lowest BCUT2D eigenvalue weighted by atomic mass is 10.1. The number of nitrogens with two attached hydrogens (primary N) is 2. The molecule has 5 N–H and O–H groups in total. The van der Waals surface area contributed by atoms with E-state index in [9.17, 15) is 4.79 Å². The molecule has 0 spiro atoms. The summed E-state index contributed by atoms with van der Waals surface area (Å²) in [5.41, 5.74) is 16.7. The molecule has 0 aromatic heterocycles. The summed E-state index contributed by atoms with van der Waals surface area (Å²) < 4.78 is 0. The fraction of sp³-hybridized carbons (Fsp3) is 0.364. The Bertz CT molecular complexity index is 406. The lowest BCUT2D eigenvalue weighted by Gasteiger charge is -2.13. The maximum absolute atomic E-state index is 10.5. The Hall–Kier alpha value is -1.59. The van der Waals surface area contributed by atoms with Gasteiger partial charge in [0.1, 0.15) is 6.61 Å². The standard InChI is InChI=1S/C11H15N3O2/c12-8-2-3-9-7(5-8)1-4-10(9)14-16-6-11(13)15/h2-3,5,10,14H,1,4,6,12H2,(H2,13,15). The summed E-state index contributed by atoms with van der Waals surface area (Å²) in [4.78, 5) is 15.5. The number of anilines is 1. The molecule has 0 heterocycles. The van der Waals surface area contributed by atoms with Crippen LogP contribution in [-0.2, 0) is 16.1 Å². The van der Waals surface area contributed by atoms with E-state index in [1.165, 1.54) is 11.1 Å². The van der Waals surface area contributed by atoms with E-state index < -0.39 is 5.91 Å². The van der Waals surface area contributed by atoms with Crippen LogP contribution in [0.2, 0.25) is 0 Å². The number of benzene rings is 1. The highest BCUT2D eigenvalue weighted by Crippen LogP contribution is 2.32. The zero-order chi connectivity index (χ0) is 11.5. The number of carbonyl (C=O) groups is 1. The third-order valence-corrected chi connectivity index (χ3v) is 2.68. The van der Waals surface area contributed by atoms with Gasteiger partial charge in [-0.3, -0.25) is 9.63 Å². The molecule has 5 nitrogen and oxygen atoms in total. The van der Waals surface area contributed by atoms with Crippen LogP contribution in [0.25, 0.3) is 0 Å². The largest absolute Gasteiger partial charge is 0.399 e. The van der Waals surface area contributed by atoms with Crippen LogP contribution in [0.5, 0.6) is 0 Å². The van der Waals surface area contributed by atoms with Gasteiger partial charge >= 0.3 is 0 Å². The number of hydrogen-bond donors (Lipinski definition) is 3. The van der Waals surface area contributed by atoms with Crippen molar-refractivity contribution in [3.8, 4) is 0 Å². The topological polar surface area (TPSA) is 90.4 Å². The summed E-state index contributed by atoms with van der Waals surface area (Å²) in [6, 6.07) is 5.95. The summed E-state index contributed by atoms with van der Waals surface area (Å²) in [7, 11) is 0. The van der Waals surface area contributed by atoms with Gasteiger partial charge in [0, 0.05) is 5.69 Å². The van der Waals surface area contributed by atoms with Gasteiger partial charge in [0.05, 0.1) is 6.04 Å². The smallest absolute Gasteiger partial charge is 0.245 e. The Morgan fingerprint density at radius 1 is 1.56 bits per heavy atom. The molecule has 1 unspecified atom stereocenters. The first-order valence-corrected chi connectivity index (χ1v) is 5.21. The van der Waals surface area contributed by atoms with Gasteiger partial charge < -0.3 is 11.5 Å². The zero-order valence-corrected chi connectivity index (χ0v) is 8.90. The first kappa shape index (κ1) is 10.9.